The average molecular weight is 468 g/mol. The number of nitrogens with zero attached hydrogens (tertiary/aromatic N) is 3. The summed E-state index contributed by atoms with van der Waals surface area (Å²) in [5.41, 5.74) is 7.65. The summed E-state index contributed by atoms with van der Waals surface area (Å²) >= 11 is 6.47. The van der Waals surface area contributed by atoms with E-state index in [1.54, 1.807) is 11.8 Å². The van der Waals surface area contributed by atoms with Crippen molar-refractivity contribution in [2.45, 2.75) is 37.2 Å². The normalized spacial score (nSPS) is 12.6. The van der Waals surface area contributed by atoms with Gasteiger partial charge in [0.1, 0.15) is 4.70 Å². The van der Waals surface area contributed by atoms with Crippen LogP contribution in [-0.4, -0.2) is 32.7 Å². The van der Waals surface area contributed by atoms with Gasteiger partial charge in [-0.15, -0.1) is 0 Å². The number of rotatable bonds is 8. The standard InChI is InChI=1S/C18H22BrN5OS2/c1-10(2)7-12(8-25)21-15-14-16(22-17(20)27-14)24-18(23-15)26-9-11-5-3-4-6-13(11)19/h3-6,10,12,25H,7-9H2,1-2H3,(H3,20,21,22,23,24)/t12-/m1/s1. The smallest absolute Gasteiger partial charge is 0.191 e. The lowest BCUT2D eigenvalue weighted by Crippen LogP contribution is -2.26. The van der Waals surface area contributed by atoms with Gasteiger partial charge in [-0.2, -0.15) is 0 Å². The number of nitrogens with two attached hydrogens (primary N) is 1. The fourth-order valence-corrected chi connectivity index (χ4v) is 4.86. The number of thiazole rings is 1. The molecule has 144 valence electrons. The zero-order valence-electron chi connectivity index (χ0n) is 15.1. The van der Waals surface area contributed by atoms with Crippen LogP contribution < -0.4 is 11.1 Å². The molecule has 0 aliphatic carbocycles. The highest BCUT2D eigenvalue weighted by molar-refractivity contribution is 9.10. The first-order valence-electron chi connectivity index (χ1n) is 8.64. The summed E-state index contributed by atoms with van der Waals surface area (Å²) < 4.78 is 1.88. The van der Waals surface area contributed by atoms with Crippen molar-refractivity contribution in [2.24, 2.45) is 5.92 Å². The second-order valence-electron chi connectivity index (χ2n) is 6.59. The molecule has 0 spiro atoms. The van der Waals surface area contributed by atoms with E-state index in [1.165, 1.54) is 16.9 Å². The number of hydrogen-bond donors (Lipinski definition) is 3. The summed E-state index contributed by atoms with van der Waals surface area (Å²) in [5.74, 6) is 1.88. The third-order valence-electron chi connectivity index (χ3n) is 3.88. The van der Waals surface area contributed by atoms with Crippen LogP contribution in [0, 0.1) is 5.92 Å². The monoisotopic (exact) mass is 467 g/mol. The summed E-state index contributed by atoms with van der Waals surface area (Å²) in [5, 5.41) is 14.2. The molecule has 0 saturated heterocycles. The van der Waals surface area contributed by atoms with Crippen molar-refractivity contribution in [1.29, 1.82) is 0 Å². The van der Waals surface area contributed by atoms with E-state index >= 15 is 0 Å². The van der Waals surface area contributed by atoms with Gasteiger partial charge in [0.25, 0.3) is 0 Å². The van der Waals surface area contributed by atoms with Crippen molar-refractivity contribution in [3.63, 3.8) is 0 Å². The number of fused-ring (bicyclic) bond motifs is 1. The molecule has 3 rings (SSSR count). The lowest BCUT2D eigenvalue weighted by atomic mass is 10.0. The summed E-state index contributed by atoms with van der Waals surface area (Å²) in [6.07, 6.45) is 0.843. The summed E-state index contributed by atoms with van der Waals surface area (Å²) in [6.45, 7) is 4.30. The van der Waals surface area contributed by atoms with Gasteiger partial charge in [0, 0.05) is 10.2 Å². The number of aliphatic hydroxyl groups is 1. The molecule has 1 aromatic carbocycles. The van der Waals surface area contributed by atoms with Crippen molar-refractivity contribution in [2.75, 3.05) is 17.7 Å². The second kappa shape index (κ2) is 9.18. The van der Waals surface area contributed by atoms with E-state index in [1.807, 2.05) is 18.2 Å². The Bertz CT molecular complexity index is 918. The first kappa shape index (κ1) is 20.3. The van der Waals surface area contributed by atoms with Crippen LogP contribution in [0.2, 0.25) is 0 Å². The van der Waals surface area contributed by atoms with Gasteiger partial charge in [-0.1, -0.05) is 71.1 Å². The molecule has 0 aliphatic heterocycles. The minimum atomic E-state index is -0.0763. The number of benzene rings is 1. The van der Waals surface area contributed by atoms with Gasteiger partial charge in [0.2, 0.25) is 0 Å². The molecule has 2 aromatic heterocycles. The van der Waals surface area contributed by atoms with Gasteiger partial charge in [-0.25, -0.2) is 15.0 Å². The van der Waals surface area contributed by atoms with Crippen LogP contribution in [0.4, 0.5) is 10.9 Å². The van der Waals surface area contributed by atoms with E-state index in [9.17, 15) is 5.11 Å². The topological polar surface area (TPSA) is 97.0 Å². The van der Waals surface area contributed by atoms with Crippen LogP contribution in [0.25, 0.3) is 10.3 Å². The number of nitrogens with one attached hydrogen (secondary N) is 1. The Kier molecular flexibility index (Phi) is 6.91. The zero-order chi connectivity index (χ0) is 19.4. The minimum absolute atomic E-state index is 0.0391. The Morgan fingerprint density at radius 1 is 1.26 bits per heavy atom. The van der Waals surface area contributed by atoms with Crippen LogP contribution in [0.5, 0.6) is 0 Å². The molecule has 4 N–H and O–H groups in total. The third kappa shape index (κ3) is 5.31. The van der Waals surface area contributed by atoms with E-state index in [-0.39, 0.29) is 12.6 Å². The van der Waals surface area contributed by atoms with Gasteiger partial charge in [-0.05, 0) is 24.0 Å². The number of halogens is 1. The Labute approximate surface area is 175 Å². The molecule has 9 heteroatoms. The van der Waals surface area contributed by atoms with Gasteiger partial charge < -0.3 is 16.2 Å². The molecule has 0 saturated carbocycles. The highest BCUT2D eigenvalue weighted by atomic mass is 79.9. The first-order valence-corrected chi connectivity index (χ1v) is 11.2. The number of nitrogen functional groups attached to an aromatic ring is 1. The highest BCUT2D eigenvalue weighted by Gasteiger charge is 2.17. The molecule has 27 heavy (non-hydrogen) atoms. The van der Waals surface area contributed by atoms with Crippen LogP contribution in [0.1, 0.15) is 25.8 Å². The second-order valence-corrected chi connectivity index (χ2v) is 9.42. The average Bonchev–Trinajstić information content (AvgIpc) is 3.00. The van der Waals surface area contributed by atoms with Crippen molar-refractivity contribution in [3.8, 4) is 0 Å². The Morgan fingerprint density at radius 3 is 2.74 bits per heavy atom. The predicted molar refractivity (Wildman–Crippen MR) is 117 cm³/mol. The van der Waals surface area contributed by atoms with Crippen molar-refractivity contribution < 1.29 is 5.11 Å². The fourth-order valence-electron chi connectivity index (χ4n) is 2.68. The van der Waals surface area contributed by atoms with Crippen LogP contribution >= 0.6 is 39.0 Å². The summed E-state index contributed by atoms with van der Waals surface area (Å²) in [4.78, 5) is 13.6. The molecule has 0 amide bonds. The van der Waals surface area contributed by atoms with Gasteiger partial charge in [0.15, 0.2) is 21.8 Å². The van der Waals surface area contributed by atoms with Crippen molar-refractivity contribution in [1.82, 2.24) is 15.0 Å². The van der Waals surface area contributed by atoms with Crippen molar-refractivity contribution in [3.05, 3.63) is 34.3 Å². The van der Waals surface area contributed by atoms with Gasteiger partial charge >= 0.3 is 0 Å². The number of thioether (sulfide) groups is 1. The molecule has 0 aliphatic rings. The van der Waals surface area contributed by atoms with E-state index in [2.05, 4.69) is 56.1 Å². The molecule has 0 unspecified atom stereocenters. The Morgan fingerprint density at radius 2 is 2.04 bits per heavy atom. The molecule has 3 aromatic rings. The third-order valence-corrected chi connectivity index (χ3v) is 6.43. The van der Waals surface area contributed by atoms with E-state index in [0.29, 0.717) is 27.7 Å². The molecule has 6 nitrogen and oxygen atoms in total. The van der Waals surface area contributed by atoms with Crippen LogP contribution in [0.15, 0.2) is 33.9 Å². The molecule has 0 fully saturated rings. The Balaban J connectivity index is 1.87. The minimum Gasteiger partial charge on any atom is -0.394 e. The Hall–Kier alpha value is -1.42. The van der Waals surface area contributed by atoms with Crippen LogP contribution in [0.3, 0.4) is 0 Å². The lowest BCUT2D eigenvalue weighted by molar-refractivity contribution is 0.259. The first-order chi connectivity index (χ1) is 13.0. The van der Waals surface area contributed by atoms with Crippen molar-refractivity contribution >= 4 is 60.3 Å². The summed E-state index contributed by atoms with van der Waals surface area (Å²) in [6, 6.07) is 8.01. The zero-order valence-corrected chi connectivity index (χ0v) is 18.4. The fraction of sp³-hybridized carbons (Fsp3) is 0.389. The molecular weight excluding hydrogens is 446 g/mol. The SMILES string of the molecule is CC(C)C[C@H](CO)Nc1nc(SCc2ccccc2Br)nc2nc(N)sc12. The highest BCUT2D eigenvalue weighted by Crippen LogP contribution is 2.32. The quantitative estimate of drug-likeness (QED) is 0.330. The largest absolute Gasteiger partial charge is 0.394 e. The number of anilines is 2. The molecule has 0 radical (unpaired) electrons. The van der Waals surface area contributed by atoms with Gasteiger partial charge in [-0.3, -0.25) is 0 Å². The van der Waals surface area contributed by atoms with E-state index < -0.39 is 0 Å². The number of hydrogen-bond acceptors (Lipinski definition) is 8. The predicted octanol–water partition coefficient (Wildman–Crippen LogP) is 4.54. The van der Waals surface area contributed by atoms with E-state index in [0.717, 1.165) is 21.3 Å². The van der Waals surface area contributed by atoms with Gasteiger partial charge in [0.05, 0.1) is 12.6 Å². The maximum Gasteiger partial charge on any atom is 0.191 e. The number of aromatic nitrogens is 3. The maximum atomic E-state index is 9.71. The number of aliphatic hydroxyl groups excluding tert-OH is 1. The molecule has 1 atom stereocenters. The molecular formula is C18H22BrN5OS2. The molecule has 2 heterocycles. The van der Waals surface area contributed by atoms with E-state index in [4.69, 9.17) is 5.73 Å². The summed E-state index contributed by atoms with van der Waals surface area (Å²) in [7, 11) is 0. The van der Waals surface area contributed by atoms with Crippen LogP contribution in [-0.2, 0) is 5.75 Å². The lowest BCUT2D eigenvalue weighted by Gasteiger charge is -2.19. The maximum absolute atomic E-state index is 9.71. The molecule has 0 bridgehead atoms.